The number of amides is 1. The molecular weight excluding hydrogens is 214 g/mol. The summed E-state index contributed by atoms with van der Waals surface area (Å²) in [6.07, 6.45) is 5.01. The van der Waals surface area contributed by atoms with Gasteiger partial charge in [-0.2, -0.15) is 0 Å². The lowest BCUT2D eigenvalue weighted by Gasteiger charge is -2.24. The summed E-state index contributed by atoms with van der Waals surface area (Å²) < 4.78 is 0. The van der Waals surface area contributed by atoms with Crippen LogP contribution in [0.5, 0.6) is 0 Å². The minimum atomic E-state index is 0.274. The fraction of sp³-hybridized carbons (Fsp3) is 0.923. The average Bonchev–Trinajstić information content (AvgIpc) is 3.02. The van der Waals surface area contributed by atoms with Crippen molar-refractivity contribution in [2.75, 3.05) is 39.3 Å². The molecule has 98 valence electrons. The molecule has 1 N–H and O–H groups in total. The second-order valence-electron chi connectivity index (χ2n) is 5.31. The van der Waals surface area contributed by atoms with Gasteiger partial charge < -0.3 is 10.2 Å². The molecule has 2 aliphatic heterocycles. The van der Waals surface area contributed by atoms with Crippen molar-refractivity contribution in [3.8, 4) is 0 Å². The van der Waals surface area contributed by atoms with Gasteiger partial charge in [-0.3, -0.25) is 9.69 Å². The Balaban J connectivity index is 1.59. The Hall–Kier alpha value is -0.610. The van der Waals surface area contributed by atoms with E-state index in [1.165, 1.54) is 38.8 Å². The largest absolute Gasteiger partial charge is 0.342 e. The fourth-order valence-corrected chi connectivity index (χ4v) is 2.78. The van der Waals surface area contributed by atoms with Crippen LogP contribution in [0, 0.1) is 0 Å². The molecule has 0 aromatic carbocycles. The van der Waals surface area contributed by atoms with Gasteiger partial charge in [0.1, 0.15) is 0 Å². The SMILES string of the molecule is CC(CNCC(=O)N1CCCC1)N1CCCC1. The van der Waals surface area contributed by atoms with Gasteiger partial charge >= 0.3 is 0 Å². The summed E-state index contributed by atoms with van der Waals surface area (Å²) in [5.41, 5.74) is 0. The lowest BCUT2D eigenvalue weighted by molar-refractivity contribution is -0.129. The monoisotopic (exact) mass is 239 g/mol. The molecule has 2 rings (SSSR count). The Morgan fingerprint density at radius 2 is 1.71 bits per heavy atom. The Morgan fingerprint density at radius 1 is 1.12 bits per heavy atom. The number of hydrogen-bond donors (Lipinski definition) is 1. The molecule has 0 saturated carbocycles. The maximum atomic E-state index is 11.8. The number of nitrogens with zero attached hydrogens (tertiary/aromatic N) is 2. The fourth-order valence-electron chi connectivity index (χ4n) is 2.78. The van der Waals surface area contributed by atoms with E-state index >= 15 is 0 Å². The number of rotatable bonds is 5. The maximum absolute atomic E-state index is 11.8. The standard InChI is InChI=1S/C13H25N3O/c1-12(15-6-2-3-7-15)10-14-11-13(17)16-8-4-5-9-16/h12,14H,2-11H2,1H3. The van der Waals surface area contributed by atoms with E-state index < -0.39 is 0 Å². The van der Waals surface area contributed by atoms with Crippen LogP contribution in [0.3, 0.4) is 0 Å². The molecule has 2 fully saturated rings. The Morgan fingerprint density at radius 3 is 2.35 bits per heavy atom. The van der Waals surface area contributed by atoms with Gasteiger partial charge in [0.05, 0.1) is 6.54 Å². The molecule has 2 aliphatic rings. The van der Waals surface area contributed by atoms with Crippen molar-refractivity contribution < 1.29 is 4.79 Å². The van der Waals surface area contributed by atoms with E-state index in [0.29, 0.717) is 12.6 Å². The summed E-state index contributed by atoms with van der Waals surface area (Å²) in [5.74, 6) is 0.274. The predicted octanol–water partition coefficient (Wildman–Crippen LogP) is 0.683. The molecule has 0 aliphatic carbocycles. The van der Waals surface area contributed by atoms with Crippen LogP contribution in [-0.4, -0.2) is 61.0 Å². The van der Waals surface area contributed by atoms with Gasteiger partial charge in [0.25, 0.3) is 0 Å². The summed E-state index contributed by atoms with van der Waals surface area (Å²) in [6, 6.07) is 0.559. The van der Waals surface area contributed by atoms with E-state index in [-0.39, 0.29) is 5.91 Å². The molecule has 17 heavy (non-hydrogen) atoms. The van der Waals surface area contributed by atoms with Crippen LogP contribution in [0.25, 0.3) is 0 Å². The number of nitrogens with one attached hydrogen (secondary N) is 1. The average molecular weight is 239 g/mol. The maximum Gasteiger partial charge on any atom is 0.236 e. The summed E-state index contributed by atoms with van der Waals surface area (Å²) >= 11 is 0. The van der Waals surface area contributed by atoms with Crippen LogP contribution in [0.2, 0.25) is 0 Å². The summed E-state index contributed by atoms with van der Waals surface area (Å²) in [7, 11) is 0. The Labute approximate surface area is 104 Å². The van der Waals surface area contributed by atoms with Crippen molar-refractivity contribution in [3.63, 3.8) is 0 Å². The van der Waals surface area contributed by atoms with Crippen LogP contribution in [-0.2, 0) is 4.79 Å². The van der Waals surface area contributed by atoms with Gasteiger partial charge in [-0.15, -0.1) is 0 Å². The van der Waals surface area contributed by atoms with E-state index in [1.807, 2.05) is 4.90 Å². The number of carbonyl (C=O) groups is 1. The predicted molar refractivity (Wildman–Crippen MR) is 69.0 cm³/mol. The van der Waals surface area contributed by atoms with Crippen molar-refractivity contribution in [1.82, 2.24) is 15.1 Å². The molecule has 4 heteroatoms. The first-order chi connectivity index (χ1) is 8.27. The molecule has 4 nitrogen and oxygen atoms in total. The highest BCUT2D eigenvalue weighted by Gasteiger charge is 2.19. The molecule has 2 saturated heterocycles. The zero-order chi connectivity index (χ0) is 12.1. The molecular formula is C13H25N3O. The smallest absolute Gasteiger partial charge is 0.236 e. The van der Waals surface area contributed by atoms with Gasteiger partial charge in [0, 0.05) is 25.7 Å². The molecule has 0 aromatic rings. The second kappa shape index (κ2) is 6.36. The third-order valence-corrected chi connectivity index (χ3v) is 3.94. The summed E-state index contributed by atoms with van der Waals surface area (Å²) in [5, 5.41) is 3.31. The topological polar surface area (TPSA) is 35.6 Å². The summed E-state index contributed by atoms with van der Waals surface area (Å²) in [4.78, 5) is 16.3. The normalized spacial score (nSPS) is 23.2. The van der Waals surface area contributed by atoms with Gasteiger partial charge in [-0.1, -0.05) is 0 Å². The molecule has 2 heterocycles. The molecule has 1 unspecified atom stereocenters. The number of carbonyl (C=O) groups excluding carboxylic acids is 1. The van der Waals surface area contributed by atoms with Gasteiger partial charge in [-0.05, 0) is 45.7 Å². The van der Waals surface area contributed by atoms with Crippen LogP contribution < -0.4 is 5.32 Å². The van der Waals surface area contributed by atoms with Crippen molar-refractivity contribution in [2.24, 2.45) is 0 Å². The Kier molecular flexibility index (Phi) is 4.80. The van der Waals surface area contributed by atoms with Gasteiger partial charge in [-0.25, -0.2) is 0 Å². The van der Waals surface area contributed by atoms with E-state index in [4.69, 9.17) is 0 Å². The molecule has 0 aromatic heterocycles. The van der Waals surface area contributed by atoms with Crippen molar-refractivity contribution in [2.45, 2.75) is 38.6 Å². The lowest BCUT2D eigenvalue weighted by atomic mass is 10.3. The molecule has 0 bridgehead atoms. The zero-order valence-electron chi connectivity index (χ0n) is 11.0. The van der Waals surface area contributed by atoms with E-state index in [1.54, 1.807) is 0 Å². The van der Waals surface area contributed by atoms with Gasteiger partial charge in [0.15, 0.2) is 0 Å². The summed E-state index contributed by atoms with van der Waals surface area (Å²) in [6.45, 7) is 8.06. The van der Waals surface area contributed by atoms with Crippen LogP contribution in [0.1, 0.15) is 32.6 Å². The van der Waals surface area contributed by atoms with Crippen molar-refractivity contribution >= 4 is 5.91 Å². The van der Waals surface area contributed by atoms with E-state index in [9.17, 15) is 4.79 Å². The lowest BCUT2D eigenvalue weighted by Crippen LogP contribution is -2.42. The van der Waals surface area contributed by atoms with Crippen LogP contribution >= 0.6 is 0 Å². The highest BCUT2D eigenvalue weighted by Crippen LogP contribution is 2.11. The van der Waals surface area contributed by atoms with Crippen molar-refractivity contribution in [1.29, 1.82) is 0 Å². The number of hydrogen-bond acceptors (Lipinski definition) is 3. The minimum Gasteiger partial charge on any atom is -0.342 e. The second-order valence-corrected chi connectivity index (χ2v) is 5.31. The van der Waals surface area contributed by atoms with Crippen molar-refractivity contribution in [3.05, 3.63) is 0 Å². The minimum absolute atomic E-state index is 0.274. The quantitative estimate of drug-likeness (QED) is 0.766. The zero-order valence-corrected chi connectivity index (χ0v) is 11.0. The first-order valence-corrected chi connectivity index (χ1v) is 7.00. The number of likely N-dealkylation sites (tertiary alicyclic amines) is 2. The molecule has 0 spiro atoms. The third kappa shape index (κ3) is 3.68. The van der Waals surface area contributed by atoms with E-state index in [0.717, 1.165) is 19.6 Å². The van der Waals surface area contributed by atoms with Crippen LogP contribution in [0.15, 0.2) is 0 Å². The van der Waals surface area contributed by atoms with Gasteiger partial charge in [0.2, 0.25) is 5.91 Å². The molecule has 1 atom stereocenters. The Bertz CT molecular complexity index is 245. The third-order valence-electron chi connectivity index (χ3n) is 3.94. The highest BCUT2D eigenvalue weighted by atomic mass is 16.2. The first-order valence-electron chi connectivity index (χ1n) is 7.00. The van der Waals surface area contributed by atoms with E-state index in [2.05, 4.69) is 17.1 Å². The molecule has 0 radical (unpaired) electrons. The first kappa shape index (κ1) is 12.8. The molecule has 1 amide bonds. The highest BCUT2D eigenvalue weighted by molar-refractivity contribution is 5.78. The van der Waals surface area contributed by atoms with Crippen LogP contribution in [0.4, 0.5) is 0 Å².